The molecule has 0 spiro atoms. The Balaban J connectivity index is 2.08. The summed E-state index contributed by atoms with van der Waals surface area (Å²) in [5, 5.41) is 9.56. The van der Waals surface area contributed by atoms with E-state index in [1.54, 1.807) is 0 Å². The number of nitrogens with zero attached hydrogens (tertiary/aromatic N) is 2. The highest BCUT2D eigenvalue weighted by Crippen LogP contribution is 2.29. The fourth-order valence-corrected chi connectivity index (χ4v) is 2.93. The van der Waals surface area contributed by atoms with Crippen molar-refractivity contribution in [3.05, 3.63) is 0 Å². The van der Waals surface area contributed by atoms with E-state index in [0.29, 0.717) is 0 Å². The minimum atomic E-state index is -0.221. The Morgan fingerprint density at radius 2 is 1.69 bits per heavy atom. The van der Waals surface area contributed by atoms with Crippen molar-refractivity contribution in [1.29, 1.82) is 5.26 Å². The molecule has 2 aliphatic rings. The number of likely N-dealkylation sites (tertiary alicyclic amines) is 1. The second-order valence-corrected chi connectivity index (χ2v) is 5.01. The van der Waals surface area contributed by atoms with Crippen molar-refractivity contribution in [3.8, 4) is 6.07 Å². The highest BCUT2D eigenvalue weighted by Gasteiger charge is 2.37. The maximum absolute atomic E-state index is 9.56. The second-order valence-electron chi connectivity index (χ2n) is 5.01. The van der Waals surface area contributed by atoms with E-state index in [2.05, 4.69) is 11.0 Å². The normalized spacial score (nSPS) is 33.7. The molecule has 0 aromatic carbocycles. The Bertz CT molecular complexity index is 243. The Kier molecular flexibility index (Phi) is 4.20. The average molecular weight is 222 g/mol. The van der Waals surface area contributed by atoms with Crippen LogP contribution in [0.1, 0.15) is 44.9 Å². The highest BCUT2D eigenvalue weighted by molar-refractivity contribution is 5.09. The van der Waals surface area contributed by atoms with Gasteiger partial charge in [0.05, 0.1) is 6.07 Å². The third kappa shape index (κ3) is 2.56. The van der Waals surface area contributed by atoms with Gasteiger partial charge in [-0.05, 0) is 38.8 Å². The fraction of sp³-hybridized carbons (Fsp3) is 0.923. The van der Waals surface area contributed by atoms with Gasteiger partial charge in [-0.2, -0.15) is 5.26 Å². The largest absolute Gasteiger partial charge is 0.381 e. The molecular formula is C13H22N2O. The van der Waals surface area contributed by atoms with Gasteiger partial charge in [-0.3, -0.25) is 4.90 Å². The van der Waals surface area contributed by atoms with Crippen LogP contribution in [0.2, 0.25) is 0 Å². The zero-order chi connectivity index (χ0) is 11.3. The summed E-state index contributed by atoms with van der Waals surface area (Å²) in [6.45, 7) is 3.79. The Morgan fingerprint density at radius 1 is 0.938 bits per heavy atom. The van der Waals surface area contributed by atoms with E-state index in [4.69, 9.17) is 4.74 Å². The van der Waals surface area contributed by atoms with Crippen LogP contribution in [-0.2, 0) is 4.74 Å². The van der Waals surface area contributed by atoms with Crippen LogP contribution in [0.5, 0.6) is 0 Å². The van der Waals surface area contributed by atoms with E-state index >= 15 is 0 Å². The molecule has 1 unspecified atom stereocenters. The minimum Gasteiger partial charge on any atom is -0.381 e. The first kappa shape index (κ1) is 11.9. The number of nitriles is 1. The molecule has 0 bridgehead atoms. The zero-order valence-electron chi connectivity index (χ0n) is 10.1. The smallest absolute Gasteiger partial charge is 0.111 e. The van der Waals surface area contributed by atoms with Gasteiger partial charge in [0.15, 0.2) is 0 Å². The first-order chi connectivity index (χ1) is 7.87. The summed E-state index contributed by atoms with van der Waals surface area (Å²) < 4.78 is 5.50. The van der Waals surface area contributed by atoms with Crippen molar-refractivity contribution in [2.45, 2.75) is 50.5 Å². The van der Waals surface area contributed by atoms with Gasteiger partial charge in [0, 0.05) is 19.6 Å². The summed E-state index contributed by atoms with van der Waals surface area (Å²) in [6.07, 6.45) is 8.08. The highest BCUT2D eigenvalue weighted by atomic mass is 16.5. The lowest BCUT2D eigenvalue weighted by Crippen LogP contribution is -2.48. The van der Waals surface area contributed by atoms with Gasteiger partial charge in [0.1, 0.15) is 5.54 Å². The van der Waals surface area contributed by atoms with E-state index < -0.39 is 0 Å². The summed E-state index contributed by atoms with van der Waals surface area (Å²) in [5.74, 6) is 0. The van der Waals surface area contributed by atoms with Crippen molar-refractivity contribution in [1.82, 2.24) is 4.90 Å². The van der Waals surface area contributed by atoms with E-state index in [1.165, 1.54) is 25.7 Å². The fourth-order valence-electron chi connectivity index (χ4n) is 2.93. The molecular weight excluding hydrogens is 200 g/mol. The maximum atomic E-state index is 9.56. The lowest BCUT2D eigenvalue weighted by atomic mass is 9.90. The van der Waals surface area contributed by atoms with Crippen LogP contribution in [0.3, 0.4) is 0 Å². The molecule has 90 valence electrons. The predicted octanol–water partition coefficient (Wildman–Crippen LogP) is 2.33. The van der Waals surface area contributed by atoms with Gasteiger partial charge in [0.25, 0.3) is 0 Å². The number of ether oxygens (including phenoxy) is 1. The van der Waals surface area contributed by atoms with E-state index in [9.17, 15) is 5.26 Å². The summed E-state index contributed by atoms with van der Waals surface area (Å²) >= 11 is 0. The Hall–Kier alpha value is -0.590. The Labute approximate surface area is 98.4 Å². The number of hydrogen-bond donors (Lipinski definition) is 0. The lowest BCUT2D eigenvalue weighted by Gasteiger charge is -2.37. The number of rotatable bonds is 1. The van der Waals surface area contributed by atoms with Crippen molar-refractivity contribution >= 4 is 0 Å². The van der Waals surface area contributed by atoms with Gasteiger partial charge in [0.2, 0.25) is 0 Å². The SMILES string of the molecule is N#CC1(N2CCCCCC2)CCCOCC1. The van der Waals surface area contributed by atoms with Crippen molar-refractivity contribution in [2.75, 3.05) is 26.3 Å². The molecule has 3 heteroatoms. The standard InChI is InChI=1S/C13H22N2O/c14-12-13(6-5-10-16-11-7-13)15-8-3-1-2-4-9-15/h1-11H2. The van der Waals surface area contributed by atoms with Gasteiger partial charge in [-0.1, -0.05) is 12.8 Å². The van der Waals surface area contributed by atoms with Gasteiger partial charge in [-0.25, -0.2) is 0 Å². The Morgan fingerprint density at radius 3 is 2.38 bits per heavy atom. The van der Waals surface area contributed by atoms with E-state index in [0.717, 1.165) is 45.6 Å². The molecule has 2 rings (SSSR count). The number of hydrogen-bond acceptors (Lipinski definition) is 3. The molecule has 0 amide bonds. The minimum absolute atomic E-state index is 0.221. The van der Waals surface area contributed by atoms with Crippen molar-refractivity contribution < 1.29 is 4.74 Å². The zero-order valence-corrected chi connectivity index (χ0v) is 10.1. The second kappa shape index (κ2) is 5.65. The van der Waals surface area contributed by atoms with E-state index in [-0.39, 0.29) is 5.54 Å². The molecule has 2 saturated heterocycles. The van der Waals surface area contributed by atoms with Crippen LogP contribution >= 0.6 is 0 Å². The van der Waals surface area contributed by atoms with Gasteiger partial charge < -0.3 is 4.74 Å². The summed E-state index contributed by atoms with van der Waals surface area (Å²) in [5.41, 5.74) is -0.221. The first-order valence-electron chi connectivity index (χ1n) is 6.61. The van der Waals surface area contributed by atoms with Crippen LogP contribution in [0.25, 0.3) is 0 Å². The molecule has 0 aromatic heterocycles. The maximum Gasteiger partial charge on any atom is 0.111 e. The van der Waals surface area contributed by atoms with Crippen molar-refractivity contribution in [3.63, 3.8) is 0 Å². The molecule has 0 saturated carbocycles. The summed E-state index contributed by atoms with van der Waals surface area (Å²) in [7, 11) is 0. The monoisotopic (exact) mass is 222 g/mol. The molecule has 16 heavy (non-hydrogen) atoms. The van der Waals surface area contributed by atoms with Crippen LogP contribution in [0, 0.1) is 11.3 Å². The molecule has 3 nitrogen and oxygen atoms in total. The van der Waals surface area contributed by atoms with Crippen molar-refractivity contribution in [2.24, 2.45) is 0 Å². The molecule has 1 atom stereocenters. The van der Waals surface area contributed by atoms with Crippen LogP contribution in [0.15, 0.2) is 0 Å². The van der Waals surface area contributed by atoms with Crippen LogP contribution < -0.4 is 0 Å². The van der Waals surface area contributed by atoms with Gasteiger partial charge in [-0.15, -0.1) is 0 Å². The van der Waals surface area contributed by atoms with E-state index in [1.807, 2.05) is 0 Å². The average Bonchev–Trinajstić information content (AvgIpc) is 2.72. The first-order valence-corrected chi connectivity index (χ1v) is 6.61. The lowest BCUT2D eigenvalue weighted by molar-refractivity contribution is 0.103. The molecule has 0 aromatic rings. The molecule has 0 radical (unpaired) electrons. The quantitative estimate of drug-likeness (QED) is 0.683. The third-order valence-corrected chi connectivity index (χ3v) is 3.96. The van der Waals surface area contributed by atoms with Crippen LogP contribution in [0.4, 0.5) is 0 Å². The summed E-state index contributed by atoms with van der Waals surface area (Å²) in [6, 6.07) is 2.60. The molecule has 2 aliphatic heterocycles. The molecule has 0 aliphatic carbocycles. The topological polar surface area (TPSA) is 36.3 Å². The third-order valence-electron chi connectivity index (χ3n) is 3.96. The van der Waals surface area contributed by atoms with Gasteiger partial charge >= 0.3 is 0 Å². The molecule has 0 N–H and O–H groups in total. The molecule has 2 fully saturated rings. The molecule has 2 heterocycles. The van der Waals surface area contributed by atoms with Crippen LogP contribution in [-0.4, -0.2) is 36.7 Å². The predicted molar refractivity (Wildman–Crippen MR) is 63.1 cm³/mol. The summed E-state index contributed by atoms with van der Waals surface area (Å²) in [4.78, 5) is 2.44.